The van der Waals surface area contributed by atoms with Gasteiger partial charge in [-0.25, -0.2) is 0 Å². The lowest BCUT2D eigenvalue weighted by Crippen LogP contribution is -2.31. The summed E-state index contributed by atoms with van der Waals surface area (Å²) in [5.41, 5.74) is 2.27. The van der Waals surface area contributed by atoms with Crippen molar-refractivity contribution in [3.05, 3.63) is 90.0 Å². The van der Waals surface area contributed by atoms with Gasteiger partial charge in [-0.1, -0.05) is 72.8 Å². The van der Waals surface area contributed by atoms with Crippen molar-refractivity contribution < 1.29 is 4.79 Å². The van der Waals surface area contributed by atoms with Crippen molar-refractivity contribution in [2.24, 2.45) is 0 Å². The number of carbonyl (C=O) groups excluding carboxylic acids is 1. The average Bonchev–Trinajstić information content (AvgIpc) is 3.50. The molecule has 124 valence electrons. The van der Waals surface area contributed by atoms with E-state index in [1.165, 1.54) is 16.3 Å². The summed E-state index contributed by atoms with van der Waals surface area (Å²) in [6.45, 7) is 0.685. The van der Waals surface area contributed by atoms with E-state index in [0.717, 1.165) is 18.4 Å². The summed E-state index contributed by atoms with van der Waals surface area (Å²) in [5.74, 6) is 0.0966. The number of rotatable bonds is 5. The monoisotopic (exact) mass is 327 g/mol. The van der Waals surface area contributed by atoms with Gasteiger partial charge in [-0.05, 0) is 40.8 Å². The van der Waals surface area contributed by atoms with Gasteiger partial charge >= 0.3 is 0 Å². The van der Waals surface area contributed by atoms with Crippen molar-refractivity contribution in [1.82, 2.24) is 4.90 Å². The van der Waals surface area contributed by atoms with E-state index in [9.17, 15) is 4.79 Å². The Kier molecular flexibility index (Phi) is 4.34. The molecule has 0 aromatic heterocycles. The normalized spacial score (nSPS) is 14.1. The predicted octanol–water partition coefficient (Wildman–Crippen LogP) is 5.04. The lowest BCUT2D eigenvalue weighted by atomic mass is 10.0. The van der Waals surface area contributed by atoms with Gasteiger partial charge in [-0.3, -0.25) is 4.79 Å². The van der Waals surface area contributed by atoms with Gasteiger partial charge in [0.25, 0.3) is 0 Å². The Morgan fingerprint density at radius 1 is 0.920 bits per heavy atom. The molecule has 0 saturated heterocycles. The molecule has 0 N–H and O–H groups in total. The number of amides is 1. The van der Waals surface area contributed by atoms with E-state index in [2.05, 4.69) is 36.4 Å². The van der Waals surface area contributed by atoms with Crippen LogP contribution in [0.3, 0.4) is 0 Å². The van der Waals surface area contributed by atoms with Crippen molar-refractivity contribution in [3.63, 3.8) is 0 Å². The van der Waals surface area contributed by atoms with Crippen LogP contribution in [0.25, 0.3) is 16.8 Å². The molecule has 1 amide bonds. The van der Waals surface area contributed by atoms with Crippen LogP contribution < -0.4 is 0 Å². The molecule has 0 radical (unpaired) electrons. The highest BCUT2D eigenvalue weighted by Crippen LogP contribution is 2.29. The lowest BCUT2D eigenvalue weighted by molar-refractivity contribution is -0.127. The topological polar surface area (TPSA) is 20.3 Å². The first-order valence-corrected chi connectivity index (χ1v) is 8.81. The van der Waals surface area contributed by atoms with Crippen molar-refractivity contribution in [1.29, 1.82) is 0 Å². The van der Waals surface area contributed by atoms with E-state index in [-0.39, 0.29) is 5.91 Å². The minimum atomic E-state index is 0.0966. The van der Waals surface area contributed by atoms with Crippen molar-refractivity contribution >= 4 is 22.8 Å². The Balaban J connectivity index is 1.55. The van der Waals surface area contributed by atoms with Gasteiger partial charge in [0.1, 0.15) is 0 Å². The summed E-state index contributed by atoms with van der Waals surface area (Å²) in [6, 6.07) is 25.1. The highest BCUT2D eigenvalue weighted by atomic mass is 16.2. The summed E-state index contributed by atoms with van der Waals surface area (Å²) in [6.07, 6.45) is 5.90. The van der Waals surface area contributed by atoms with E-state index in [0.29, 0.717) is 12.6 Å². The summed E-state index contributed by atoms with van der Waals surface area (Å²) < 4.78 is 0. The zero-order valence-electron chi connectivity index (χ0n) is 14.1. The van der Waals surface area contributed by atoms with E-state index >= 15 is 0 Å². The fourth-order valence-electron chi connectivity index (χ4n) is 3.21. The fourth-order valence-corrected chi connectivity index (χ4v) is 3.21. The molecule has 1 saturated carbocycles. The molecule has 0 aliphatic heterocycles. The molecule has 1 fully saturated rings. The van der Waals surface area contributed by atoms with Crippen LogP contribution in [0, 0.1) is 0 Å². The molecule has 0 heterocycles. The third-order valence-electron chi connectivity index (χ3n) is 4.70. The highest BCUT2D eigenvalue weighted by molar-refractivity contribution is 5.96. The number of benzene rings is 3. The summed E-state index contributed by atoms with van der Waals surface area (Å²) in [5, 5.41) is 2.37. The molecule has 1 aliphatic rings. The minimum absolute atomic E-state index is 0.0966. The van der Waals surface area contributed by atoms with Crippen molar-refractivity contribution in [2.45, 2.75) is 25.4 Å². The first-order valence-electron chi connectivity index (χ1n) is 8.81. The molecule has 0 spiro atoms. The molecule has 0 bridgehead atoms. The predicted molar refractivity (Wildman–Crippen MR) is 103 cm³/mol. The maximum absolute atomic E-state index is 12.8. The van der Waals surface area contributed by atoms with E-state index < -0.39 is 0 Å². The van der Waals surface area contributed by atoms with Crippen LogP contribution in [0.5, 0.6) is 0 Å². The smallest absolute Gasteiger partial charge is 0.247 e. The summed E-state index contributed by atoms with van der Waals surface area (Å²) >= 11 is 0. The molecular weight excluding hydrogens is 306 g/mol. The molecule has 1 aliphatic carbocycles. The molecule has 3 aromatic rings. The third-order valence-corrected chi connectivity index (χ3v) is 4.70. The van der Waals surface area contributed by atoms with E-state index in [4.69, 9.17) is 0 Å². The van der Waals surface area contributed by atoms with Crippen LogP contribution >= 0.6 is 0 Å². The second-order valence-corrected chi connectivity index (χ2v) is 6.58. The molecule has 0 unspecified atom stereocenters. The van der Waals surface area contributed by atoms with Crippen molar-refractivity contribution in [3.8, 4) is 0 Å². The molecule has 0 atom stereocenters. The van der Waals surface area contributed by atoms with Gasteiger partial charge in [0.15, 0.2) is 0 Å². The number of hydrogen-bond acceptors (Lipinski definition) is 1. The Morgan fingerprint density at radius 3 is 2.44 bits per heavy atom. The maximum Gasteiger partial charge on any atom is 0.247 e. The Labute approximate surface area is 148 Å². The van der Waals surface area contributed by atoms with Crippen LogP contribution in [0.2, 0.25) is 0 Å². The first kappa shape index (κ1) is 15.6. The molecule has 2 nitrogen and oxygen atoms in total. The van der Waals surface area contributed by atoms with Crippen LogP contribution in [0.4, 0.5) is 0 Å². The van der Waals surface area contributed by atoms with Gasteiger partial charge < -0.3 is 4.90 Å². The molecule has 25 heavy (non-hydrogen) atoms. The van der Waals surface area contributed by atoms with Gasteiger partial charge in [0.05, 0.1) is 0 Å². The highest BCUT2D eigenvalue weighted by Gasteiger charge is 2.31. The third kappa shape index (κ3) is 3.63. The SMILES string of the molecule is O=C(/C=C/c1cccc2ccccc12)N(Cc1ccccc1)C1CC1. The van der Waals surface area contributed by atoms with E-state index in [1.54, 1.807) is 6.08 Å². The van der Waals surface area contributed by atoms with Crippen LogP contribution in [-0.2, 0) is 11.3 Å². The van der Waals surface area contributed by atoms with Gasteiger partial charge in [0.2, 0.25) is 5.91 Å². The number of nitrogens with zero attached hydrogens (tertiary/aromatic N) is 1. The number of hydrogen-bond donors (Lipinski definition) is 0. The lowest BCUT2D eigenvalue weighted by Gasteiger charge is -2.21. The number of fused-ring (bicyclic) bond motifs is 1. The molecule has 2 heteroatoms. The van der Waals surface area contributed by atoms with Crippen molar-refractivity contribution in [2.75, 3.05) is 0 Å². The van der Waals surface area contributed by atoms with Gasteiger partial charge in [-0.15, -0.1) is 0 Å². The van der Waals surface area contributed by atoms with Crippen LogP contribution in [-0.4, -0.2) is 16.8 Å². The fraction of sp³-hybridized carbons (Fsp3) is 0.174. The van der Waals surface area contributed by atoms with E-state index in [1.807, 2.05) is 47.4 Å². The zero-order chi connectivity index (χ0) is 17.1. The summed E-state index contributed by atoms with van der Waals surface area (Å²) in [4.78, 5) is 14.8. The molecule has 4 rings (SSSR count). The quantitative estimate of drug-likeness (QED) is 0.601. The largest absolute Gasteiger partial charge is 0.332 e. The second-order valence-electron chi connectivity index (χ2n) is 6.58. The van der Waals surface area contributed by atoms with Crippen LogP contribution in [0.15, 0.2) is 78.9 Å². The first-order chi connectivity index (χ1) is 12.3. The van der Waals surface area contributed by atoms with Crippen LogP contribution in [0.1, 0.15) is 24.0 Å². The Hall–Kier alpha value is -2.87. The Bertz CT molecular complexity index is 904. The standard InChI is InChI=1S/C23H21NO/c25-23(24(21-14-15-21)17-18-7-2-1-3-8-18)16-13-20-11-6-10-19-9-4-5-12-22(19)20/h1-13,16,21H,14-15,17H2/b16-13+. The maximum atomic E-state index is 12.8. The summed E-state index contributed by atoms with van der Waals surface area (Å²) in [7, 11) is 0. The number of carbonyl (C=O) groups is 1. The zero-order valence-corrected chi connectivity index (χ0v) is 14.1. The average molecular weight is 327 g/mol. The van der Waals surface area contributed by atoms with Gasteiger partial charge in [0, 0.05) is 18.7 Å². The van der Waals surface area contributed by atoms with Gasteiger partial charge in [-0.2, -0.15) is 0 Å². The second kappa shape index (κ2) is 6.94. The molecule has 3 aromatic carbocycles. The molecular formula is C23H21NO. The Morgan fingerprint density at radius 2 is 1.64 bits per heavy atom. The minimum Gasteiger partial charge on any atom is -0.332 e.